The topological polar surface area (TPSA) is 3.24 Å². The van der Waals surface area contributed by atoms with Crippen LogP contribution in [0.1, 0.15) is 0 Å². The molecule has 1 aliphatic rings. The number of thiophene rings is 1. The molecule has 0 amide bonds. The van der Waals surface area contributed by atoms with E-state index < -0.39 is 8.07 Å². The molecule has 3 heteroatoms. The minimum absolute atomic E-state index is 1.15. The van der Waals surface area contributed by atoms with Gasteiger partial charge in [-0.15, -0.1) is 11.3 Å². The van der Waals surface area contributed by atoms with Crippen LogP contribution in [0.5, 0.6) is 0 Å². The van der Waals surface area contributed by atoms with Crippen molar-refractivity contribution in [1.29, 1.82) is 0 Å². The number of anilines is 3. The SMILES string of the molecule is C[Si]1(C)c2cc(N(c3ccc(-c4ccccc4)cc3)c3ccc(-c4ccccc4)c4ccccc34)ccc2-c2c1ccc1c2sc2ccccc21. The summed E-state index contributed by atoms with van der Waals surface area (Å²) in [5.74, 6) is 0. The van der Waals surface area contributed by atoms with E-state index in [0.717, 1.165) is 5.69 Å². The van der Waals surface area contributed by atoms with Crippen molar-refractivity contribution in [2.75, 3.05) is 4.90 Å². The maximum Gasteiger partial charge on any atom is 0.114 e. The molecule has 0 aliphatic carbocycles. The second-order valence-corrected chi connectivity index (χ2v) is 19.5. The van der Waals surface area contributed by atoms with Gasteiger partial charge in [-0.3, -0.25) is 0 Å². The van der Waals surface area contributed by atoms with Crippen LogP contribution in [0.3, 0.4) is 0 Å². The smallest absolute Gasteiger partial charge is 0.114 e. The molecule has 242 valence electrons. The molecular formula is C48H35NSSi. The fourth-order valence-electron chi connectivity index (χ4n) is 8.34. The summed E-state index contributed by atoms with van der Waals surface area (Å²) in [5, 5.41) is 8.28. The third-order valence-electron chi connectivity index (χ3n) is 10.9. The lowest BCUT2D eigenvalue weighted by molar-refractivity contribution is 1.30. The molecule has 0 saturated carbocycles. The van der Waals surface area contributed by atoms with E-state index in [-0.39, 0.29) is 0 Å². The van der Waals surface area contributed by atoms with Gasteiger partial charge in [-0.05, 0) is 85.5 Å². The summed E-state index contributed by atoms with van der Waals surface area (Å²) >= 11 is 1.95. The predicted octanol–water partition coefficient (Wildman–Crippen LogP) is 12.8. The van der Waals surface area contributed by atoms with E-state index in [4.69, 9.17) is 0 Å². The maximum absolute atomic E-state index is 2.53. The van der Waals surface area contributed by atoms with Crippen LogP contribution < -0.4 is 15.3 Å². The maximum atomic E-state index is 2.53. The Kier molecular flexibility index (Phi) is 6.89. The van der Waals surface area contributed by atoms with Gasteiger partial charge >= 0.3 is 0 Å². The van der Waals surface area contributed by atoms with Crippen molar-refractivity contribution >= 4 is 77.8 Å². The predicted molar refractivity (Wildman–Crippen MR) is 225 cm³/mol. The van der Waals surface area contributed by atoms with Gasteiger partial charge in [0.05, 0.1) is 5.69 Å². The minimum atomic E-state index is -2.01. The summed E-state index contributed by atoms with van der Waals surface area (Å²) in [6, 6.07) is 65.0. The third kappa shape index (κ3) is 4.73. The van der Waals surface area contributed by atoms with Crippen LogP contribution >= 0.6 is 11.3 Å². The summed E-state index contributed by atoms with van der Waals surface area (Å²) < 4.78 is 2.79. The van der Waals surface area contributed by atoms with Crippen LogP contribution in [0.25, 0.3) is 64.3 Å². The third-order valence-corrected chi connectivity index (χ3v) is 15.6. The number of benzene rings is 8. The van der Waals surface area contributed by atoms with Gasteiger partial charge in [0.1, 0.15) is 8.07 Å². The quantitative estimate of drug-likeness (QED) is 0.163. The van der Waals surface area contributed by atoms with E-state index >= 15 is 0 Å². The van der Waals surface area contributed by atoms with Gasteiger partial charge in [0.15, 0.2) is 0 Å². The molecule has 0 saturated heterocycles. The molecule has 1 aromatic heterocycles. The number of nitrogens with zero attached hydrogens (tertiary/aromatic N) is 1. The van der Waals surface area contributed by atoms with Crippen molar-refractivity contribution in [3.8, 4) is 33.4 Å². The Labute approximate surface area is 303 Å². The first-order chi connectivity index (χ1) is 25.1. The second-order valence-electron chi connectivity index (χ2n) is 14.1. The summed E-state index contributed by atoms with van der Waals surface area (Å²) in [6.45, 7) is 5.06. The zero-order valence-corrected chi connectivity index (χ0v) is 30.4. The van der Waals surface area contributed by atoms with Gasteiger partial charge in [0.2, 0.25) is 0 Å². The normalized spacial score (nSPS) is 13.1. The Morgan fingerprint density at radius 2 is 1.04 bits per heavy atom. The van der Waals surface area contributed by atoms with Crippen molar-refractivity contribution in [2.24, 2.45) is 0 Å². The standard InChI is InChI=1S/C48H35NSSi/c1-51(2)45-30-28-41-40-19-11-12-20-44(40)50-48(41)47(45)42-26-25-36(31-46(42)51)49(35-23-21-33(22-24-35)32-13-5-3-6-14-32)43-29-27-37(34-15-7-4-8-16-34)38-17-9-10-18-39(38)43/h3-31H,1-2H3. The average Bonchev–Trinajstić information content (AvgIpc) is 3.68. The zero-order valence-electron chi connectivity index (χ0n) is 28.6. The molecule has 0 bridgehead atoms. The summed E-state index contributed by atoms with van der Waals surface area (Å²) in [7, 11) is -2.01. The Morgan fingerprint density at radius 1 is 0.431 bits per heavy atom. The number of hydrogen-bond donors (Lipinski definition) is 0. The van der Waals surface area contributed by atoms with Crippen molar-refractivity contribution in [2.45, 2.75) is 13.1 Å². The lowest BCUT2D eigenvalue weighted by Crippen LogP contribution is -2.49. The fourth-order valence-corrected chi connectivity index (χ4v) is 12.8. The number of fused-ring (bicyclic) bond motifs is 8. The van der Waals surface area contributed by atoms with Crippen LogP contribution in [0.4, 0.5) is 17.1 Å². The van der Waals surface area contributed by atoms with Crippen LogP contribution in [0, 0.1) is 0 Å². The molecule has 0 spiro atoms. The molecule has 51 heavy (non-hydrogen) atoms. The van der Waals surface area contributed by atoms with Gasteiger partial charge in [-0.1, -0.05) is 153 Å². The van der Waals surface area contributed by atoms with Gasteiger partial charge in [0, 0.05) is 36.9 Å². The molecule has 2 heterocycles. The Hall–Kier alpha value is -5.74. The molecule has 1 nitrogen and oxygen atoms in total. The van der Waals surface area contributed by atoms with Crippen LogP contribution in [-0.4, -0.2) is 8.07 Å². The highest BCUT2D eigenvalue weighted by atomic mass is 32.1. The van der Waals surface area contributed by atoms with Crippen LogP contribution in [0.15, 0.2) is 176 Å². The van der Waals surface area contributed by atoms with Crippen molar-refractivity contribution in [3.05, 3.63) is 176 Å². The summed E-state index contributed by atoms with van der Waals surface area (Å²) in [6.07, 6.45) is 0. The van der Waals surface area contributed by atoms with Crippen LogP contribution in [0.2, 0.25) is 13.1 Å². The fraction of sp³-hybridized carbons (Fsp3) is 0.0417. The van der Waals surface area contributed by atoms with E-state index in [1.807, 2.05) is 11.3 Å². The van der Waals surface area contributed by atoms with Gasteiger partial charge in [-0.25, -0.2) is 0 Å². The van der Waals surface area contributed by atoms with Crippen molar-refractivity contribution < 1.29 is 0 Å². The van der Waals surface area contributed by atoms with E-state index in [0.29, 0.717) is 0 Å². The Balaban J connectivity index is 1.18. The summed E-state index contributed by atoms with van der Waals surface area (Å²) in [4.78, 5) is 2.48. The minimum Gasteiger partial charge on any atom is -0.310 e. The second kappa shape index (κ2) is 11.7. The molecule has 0 N–H and O–H groups in total. The largest absolute Gasteiger partial charge is 0.310 e. The van der Waals surface area contributed by atoms with Gasteiger partial charge in [0.25, 0.3) is 0 Å². The van der Waals surface area contributed by atoms with Gasteiger partial charge < -0.3 is 4.90 Å². The lowest BCUT2D eigenvalue weighted by atomic mass is 9.96. The number of rotatable bonds is 5. The lowest BCUT2D eigenvalue weighted by Gasteiger charge is -2.29. The zero-order chi connectivity index (χ0) is 34.1. The molecule has 0 fully saturated rings. The average molecular weight is 686 g/mol. The molecule has 10 rings (SSSR count). The van der Waals surface area contributed by atoms with Crippen LogP contribution in [-0.2, 0) is 0 Å². The van der Waals surface area contributed by atoms with E-state index in [2.05, 4.69) is 194 Å². The van der Waals surface area contributed by atoms with Crippen molar-refractivity contribution in [1.82, 2.24) is 0 Å². The summed E-state index contributed by atoms with van der Waals surface area (Å²) in [5.41, 5.74) is 11.3. The first-order valence-electron chi connectivity index (χ1n) is 17.7. The first kappa shape index (κ1) is 30.1. The molecule has 0 radical (unpaired) electrons. The highest BCUT2D eigenvalue weighted by Gasteiger charge is 2.39. The molecule has 1 aliphatic heterocycles. The first-order valence-corrected chi connectivity index (χ1v) is 21.5. The molecule has 0 unspecified atom stereocenters. The molecular weight excluding hydrogens is 651 g/mol. The van der Waals surface area contributed by atoms with E-state index in [9.17, 15) is 0 Å². The van der Waals surface area contributed by atoms with Gasteiger partial charge in [-0.2, -0.15) is 0 Å². The number of hydrogen-bond acceptors (Lipinski definition) is 2. The Morgan fingerprint density at radius 3 is 1.80 bits per heavy atom. The van der Waals surface area contributed by atoms with Crippen molar-refractivity contribution in [3.63, 3.8) is 0 Å². The highest BCUT2D eigenvalue weighted by molar-refractivity contribution is 7.26. The monoisotopic (exact) mass is 685 g/mol. The van der Waals surface area contributed by atoms with E-state index in [1.165, 1.54) is 80.9 Å². The van der Waals surface area contributed by atoms with E-state index in [1.54, 1.807) is 5.19 Å². The highest BCUT2D eigenvalue weighted by Crippen LogP contribution is 2.46. The molecule has 0 atom stereocenters. The molecule has 8 aromatic carbocycles. The molecule has 9 aromatic rings. The Bertz CT molecular complexity index is 2760.